The van der Waals surface area contributed by atoms with E-state index in [0.29, 0.717) is 6.04 Å². The van der Waals surface area contributed by atoms with Crippen molar-refractivity contribution in [2.75, 3.05) is 21.1 Å². The average Bonchev–Trinajstić information content (AvgIpc) is 1.96. The fourth-order valence-electron chi connectivity index (χ4n) is 2.86. The number of hydrogen-bond donors (Lipinski definition) is 1. The first-order valence-electron chi connectivity index (χ1n) is 5.82. The highest BCUT2D eigenvalue weighted by Gasteiger charge is 2.39. The Morgan fingerprint density at radius 1 is 0.933 bits per heavy atom. The number of hydrogen-bond acceptors (Lipinski definition) is 3. The summed E-state index contributed by atoms with van der Waals surface area (Å²) in [6.45, 7) is 9.18. The molecule has 0 spiro atoms. The summed E-state index contributed by atoms with van der Waals surface area (Å²) in [5, 5.41) is 8.24. The fraction of sp³-hybridized carbons (Fsp3) is 1.00. The molecule has 0 aromatic rings. The maximum atomic E-state index is 3.71. The minimum atomic E-state index is 0.233. The molecule has 1 rings (SSSR count). The summed E-state index contributed by atoms with van der Waals surface area (Å²) in [5.74, 6) is 0. The van der Waals surface area contributed by atoms with Gasteiger partial charge in [0.1, 0.15) is 0 Å². The van der Waals surface area contributed by atoms with Crippen molar-refractivity contribution in [3.63, 3.8) is 0 Å². The lowest BCUT2D eigenvalue weighted by Crippen LogP contribution is -2.63. The van der Waals surface area contributed by atoms with Crippen molar-refractivity contribution in [1.82, 2.24) is 15.3 Å². The molecule has 1 aliphatic rings. The SMILES string of the molecule is CN(C)N(C)C1CC(C)(C)NC(C)(C)C1. The van der Waals surface area contributed by atoms with Gasteiger partial charge in [-0.25, -0.2) is 10.0 Å². The lowest BCUT2D eigenvalue weighted by molar-refractivity contribution is -0.0357. The van der Waals surface area contributed by atoms with E-state index in [1.54, 1.807) is 0 Å². The van der Waals surface area contributed by atoms with Crippen molar-refractivity contribution in [3.05, 3.63) is 0 Å². The first kappa shape index (κ1) is 12.9. The van der Waals surface area contributed by atoms with Gasteiger partial charge in [-0.05, 0) is 40.5 Å². The van der Waals surface area contributed by atoms with Gasteiger partial charge in [0.05, 0.1) is 0 Å². The van der Waals surface area contributed by atoms with E-state index < -0.39 is 0 Å². The molecule has 1 fully saturated rings. The molecule has 3 nitrogen and oxygen atoms in total. The smallest absolute Gasteiger partial charge is 0.0277 e. The van der Waals surface area contributed by atoms with Crippen LogP contribution >= 0.6 is 0 Å². The zero-order valence-electron chi connectivity index (χ0n) is 11.4. The number of hydrazine groups is 1. The summed E-state index contributed by atoms with van der Waals surface area (Å²) in [6.07, 6.45) is 2.40. The van der Waals surface area contributed by atoms with Crippen LogP contribution in [-0.4, -0.2) is 48.3 Å². The van der Waals surface area contributed by atoms with Gasteiger partial charge in [0.25, 0.3) is 0 Å². The van der Waals surface area contributed by atoms with Crippen LogP contribution in [0.15, 0.2) is 0 Å². The Hall–Kier alpha value is -0.120. The van der Waals surface area contributed by atoms with Crippen molar-refractivity contribution < 1.29 is 0 Å². The van der Waals surface area contributed by atoms with Crippen molar-refractivity contribution in [1.29, 1.82) is 0 Å². The van der Waals surface area contributed by atoms with Gasteiger partial charge in [-0.1, -0.05) is 0 Å². The predicted molar refractivity (Wildman–Crippen MR) is 65.8 cm³/mol. The molecule has 1 heterocycles. The molecule has 3 heteroatoms. The molecule has 0 atom stereocenters. The van der Waals surface area contributed by atoms with Gasteiger partial charge < -0.3 is 5.32 Å². The number of nitrogens with zero attached hydrogens (tertiary/aromatic N) is 2. The molecule has 0 bridgehead atoms. The van der Waals surface area contributed by atoms with Crippen LogP contribution < -0.4 is 5.32 Å². The van der Waals surface area contributed by atoms with Gasteiger partial charge in [0.2, 0.25) is 0 Å². The monoisotopic (exact) mass is 213 g/mol. The third kappa shape index (κ3) is 3.44. The predicted octanol–water partition coefficient (Wildman–Crippen LogP) is 1.70. The molecule has 0 radical (unpaired) electrons. The molecule has 0 saturated carbocycles. The Bertz CT molecular complexity index is 205. The van der Waals surface area contributed by atoms with E-state index in [2.05, 4.69) is 64.2 Å². The van der Waals surface area contributed by atoms with Gasteiger partial charge in [-0.3, -0.25) is 0 Å². The van der Waals surface area contributed by atoms with Crippen LogP contribution in [0.5, 0.6) is 0 Å². The lowest BCUT2D eigenvalue weighted by Gasteiger charge is -2.50. The summed E-state index contributed by atoms with van der Waals surface area (Å²) in [4.78, 5) is 0. The van der Waals surface area contributed by atoms with Crippen LogP contribution in [0.3, 0.4) is 0 Å². The number of nitrogens with one attached hydrogen (secondary N) is 1. The summed E-state index contributed by atoms with van der Waals surface area (Å²) in [6, 6.07) is 0.631. The molecule has 0 amide bonds. The molecule has 0 aliphatic carbocycles. The Morgan fingerprint density at radius 3 is 1.67 bits per heavy atom. The molecule has 0 aromatic carbocycles. The minimum absolute atomic E-state index is 0.233. The third-order valence-corrected chi connectivity index (χ3v) is 3.33. The van der Waals surface area contributed by atoms with E-state index in [9.17, 15) is 0 Å². The second-order valence-corrected chi connectivity index (χ2v) is 6.38. The van der Waals surface area contributed by atoms with E-state index in [4.69, 9.17) is 0 Å². The van der Waals surface area contributed by atoms with Gasteiger partial charge >= 0.3 is 0 Å². The van der Waals surface area contributed by atoms with E-state index in [0.717, 1.165) is 0 Å². The summed E-state index contributed by atoms with van der Waals surface area (Å²) < 4.78 is 0. The maximum absolute atomic E-state index is 3.71. The molecule has 90 valence electrons. The van der Waals surface area contributed by atoms with Crippen molar-refractivity contribution in [2.24, 2.45) is 0 Å². The number of rotatable bonds is 2. The molecular formula is C12H27N3. The topological polar surface area (TPSA) is 18.5 Å². The molecule has 0 unspecified atom stereocenters. The van der Waals surface area contributed by atoms with E-state index >= 15 is 0 Å². The molecular weight excluding hydrogens is 186 g/mol. The largest absolute Gasteiger partial charge is 0.307 e. The Balaban J connectivity index is 2.75. The van der Waals surface area contributed by atoms with Crippen molar-refractivity contribution in [2.45, 2.75) is 57.7 Å². The zero-order chi connectivity index (χ0) is 11.9. The Morgan fingerprint density at radius 2 is 1.33 bits per heavy atom. The lowest BCUT2D eigenvalue weighted by atomic mass is 9.79. The maximum Gasteiger partial charge on any atom is 0.0277 e. The molecule has 0 aromatic heterocycles. The third-order valence-electron chi connectivity index (χ3n) is 3.33. The number of piperidine rings is 1. The van der Waals surface area contributed by atoms with Crippen LogP contribution in [0.4, 0.5) is 0 Å². The van der Waals surface area contributed by atoms with Crippen LogP contribution in [-0.2, 0) is 0 Å². The van der Waals surface area contributed by atoms with Crippen LogP contribution in [0.1, 0.15) is 40.5 Å². The highest BCUT2D eigenvalue weighted by molar-refractivity contribution is 4.99. The second kappa shape index (κ2) is 4.04. The average molecular weight is 213 g/mol. The standard InChI is InChI=1S/C12H27N3/c1-11(2)8-10(15(7)14(5)6)9-12(3,4)13-11/h10,13H,8-9H2,1-7H3. The van der Waals surface area contributed by atoms with E-state index in [-0.39, 0.29) is 11.1 Å². The molecule has 15 heavy (non-hydrogen) atoms. The van der Waals surface area contributed by atoms with E-state index in [1.165, 1.54) is 12.8 Å². The van der Waals surface area contributed by atoms with Crippen LogP contribution in [0.2, 0.25) is 0 Å². The molecule has 1 aliphatic heterocycles. The summed E-state index contributed by atoms with van der Waals surface area (Å²) >= 11 is 0. The highest BCUT2D eigenvalue weighted by atomic mass is 15.6. The normalized spacial score (nSPS) is 26.2. The van der Waals surface area contributed by atoms with Crippen molar-refractivity contribution in [3.8, 4) is 0 Å². The van der Waals surface area contributed by atoms with Crippen molar-refractivity contribution >= 4 is 0 Å². The van der Waals surface area contributed by atoms with Gasteiger partial charge in [0, 0.05) is 38.3 Å². The fourth-order valence-corrected chi connectivity index (χ4v) is 2.86. The Kier molecular flexibility index (Phi) is 3.49. The van der Waals surface area contributed by atoms with E-state index in [1.807, 2.05) is 0 Å². The first-order valence-corrected chi connectivity index (χ1v) is 5.82. The molecule has 1 N–H and O–H groups in total. The first-order chi connectivity index (χ1) is 6.63. The van der Waals surface area contributed by atoms with Crippen LogP contribution in [0, 0.1) is 0 Å². The Labute approximate surface area is 94.8 Å². The summed E-state index contributed by atoms with van der Waals surface area (Å²) in [5.41, 5.74) is 0.466. The summed E-state index contributed by atoms with van der Waals surface area (Å²) in [7, 11) is 6.41. The zero-order valence-corrected chi connectivity index (χ0v) is 11.4. The second-order valence-electron chi connectivity index (χ2n) is 6.38. The van der Waals surface area contributed by atoms with Crippen LogP contribution in [0.25, 0.3) is 0 Å². The molecule has 1 saturated heterocycles. The quantitative estimate of drug-likeness (QED) is 0.704. The van der Waals surface area contributed by atoms with Gasteiger partial charge in [-0.15, -0.1) is 0 Å². The van der Waals surface area contributed by atoms with Gasteiger partial charge in [0.15, 0.2) is 0 Å². The minimum Gasteiger partial charge on any atom is -0.307 e. The highest BCUT2D eigenvalue weighted by Crippen LogP contribution is 2.31. The van der Waals surface area contributed by atoms with Gasteiger partial charge in [-0.2, -0.15) is 0 Å².